The van der Waals surface area contributed by atoms with Crippen LogP contribution in [0.15, 0.2) is 53.3 Å². The van der Waals surface area contributed by atoms with Gasteiger partial charge in [-0.25, -0.2) is 0 Å². The van der Waals surface area contributed by atoms with Gasteiger partial charge >= 0.3 is 0 Å². The van der Waals surface area contributed by atoms with E-state index in [9.17, 15) is 14.7 Å². The van der Waals surface area contributed by atoms with Crippen molar-refractivity contribution in [2.75, 3.05) is 5.32 Å². The molecule has 2 aromatic carbocycles. The van der Waals surface area contributed by atoms with Crippen LogP contribution in [0.1, 0.15) is 10.5 Å². The average Bonchev–Trinajstić information content (AvgIpc) is 2.51. The largest absolute Gasteiger partial charge is 0.508 e. The SMILES string of the molecule is O=C(Nc1cccc(O)c1)c1[nH]c(=O)c2ccccc2c1Cl. The van der Waals surface area contributed by atoms with E-state index < -0.39 is 5.91 Å². The van der Waals surface area contributed by atoms with Gasteiger partial charge in [0.25, 0.3) is 11.5 Å². The summed E-state index contributed by atoms with van der Waals surface area (Å²) in [5.74, 6) is -0.533. The summed E-state index contributed by atoms with van der Waals surface area (Å²) < 4.78 is 0. The molecule has 0 bridgehead atoms. The Morgan fingerprint density at radius 3 is 2.55 bits per heavy atom. The second-order valence-electron chi connectivity index (χ2n) is 4.69. The predicted octanol–water partition coefficient (Wildman–Crippen LogP) is 3.14. The maximum Gasteiger partial charge on any atom is 0.273 e. The Bertz CT molecular complexity index is 934. The number of rotatable bonds is 2. The molecule has 1 amide bonds. The zero-order valence-corrected chi connectivity index (χ0v) is 12.0. The second-order valence-corrected chi connectivity index (χ2v) is 5.07. The molecule has 0 aliphatic heterocycles. The zero-order valence-electron chi connectivity index (χ0n) is 11.3. The zero-order chi connectivity index (χ0) is 15.7. The Morgan fingerprint density at radius 2 is 1.82 bits per heavy atom. The minimum Gasteiger partial charge on any atom is -0.508 e. The highest BCUT2D eigenvalue weighted by Gasteiger charge is 2.16. The lowest BCUT2D eigenvalue weighted by molar-refractivity contribution is 0.102. The molecule has 3 aromatic rings. The van der Waals surface area contributed by atoms with Gasteiger partial charge in [-0.15, -0.1) is 0 Å². The van der Waals surface area contributed by atoms with Gasteiger partial charge in [0.15, 0.2) is 0 Å². The highest BCUT2D eigenvalue weighted by Crippen LogP contribution is 2.24. The number of hydrogen-bond acceptors (Lipinski definition) is 3. The summed E-state index contributed by atoms with van der Waals surface area (Å²) in [5.41, 5.74) is -0.00940. The highest BCUT2D eigenvalue weighted by atomic mass is 35.5. The Labute approximate surface area is 130 Å². The van der Waals surface area contributed by atoms with Crippen LogP contribution in [0.2, 0.25) is 5.02 Å². The number of hydrogen-bond donors (Lipinski definition) is 3. The summed E-state index contributed by atoms with van der Waals surface area (Å²) in [6.45, 7) is 0. The van der Waals surface area contributed by atoms with Crippen molar-refractivity contribution in [3.05, 3.63) is 69.6 Å². The summed E-state index contributed by atoms with van der Waals surface area (Å²) in [4.78, 5) is 26.8. The lowest BCUT2D eigenvalue weighted by atomic mass is 10.1. The maximum absolute atomic E-state index is 12.3. The molecule has 6 heteroatoms. The molecule has 0 saturated carbocycles. The van der Waals surface area contributed by atoms with Crippen LogP contribution in [-0.2, 0) is 0 Å². The van der Waals surface area contributed by atoms with Crippen LogP contribution < -0.4 is 10.9 Å². The number of halogens is 1. The molecule has 1 aromatic heterocycles. The Hall–Kier alpha value is -2.79. The number of phenols is 1. The minimum atomic E-state index is -0.557. The molecule has 3 N–H and O–H groups in total. The molecular weight excluding hydrogens is 304 g/mol. The van der Waals surface area contributed by atoms with Crippen molar-refractivity contribution in [2.24, 2.45) is 0 Å². The number of H-pyrrole nitrogens is 1. The van der Waals surface area contributed by atoms with Gasteiger partial charge in [0.2, 0.25) is 0 Å². The third-order valence-corrected chi connectivity index (χ3v) is 3.59. The van der Waals surface area contributed by atoms with E-state index >= 15 is 0 Å². The van der Waals surface area contributed by atoms with E-state index in [0.717, 1.165) is 0 Å². The molecule has 5 nitrogen and oxygen atoms in total. The molecule has 0 radical (unpaired) electrons. The summed E-state index contributed by atoms with van der Waals surface area (Å²) >= 11 is 6.23. The first-order chi connectivity index (χ1) is 10.6. The molecule has 22 heavy (non-hydrogen) atoms. The van der Waals surface area contributed by atoms with Gasteiger partial charge in [-0.1, -0.05) is 35.9 Å². The number of nitrogens with one attached hydrogen (secondary N) is 2. The smallest absolute Gasteiger partial charge is 0.273 e. The second kappa shape index (κ2) is 5.54. The van der Waals surface area contributed by atoms with Crippen molar-refractivity contribution < 1.29 is 9.90 Å². The third kappa shape index (κ3) is 2.54. The van der Waals surface area contributed by atoms with Gasteiger partial charge in [-0.3, -0.25) is 9.59 Å². The van der Waals surface area contributed by atoms with Gasteiger partial charge in [0.1, 0.15) is 11.4 Å². The first kappa shape index (κ1) is 14.2. The Morgan fingerprint density at radius 1 is 1.09 bits per heavy atom. The summed E-state index contributed by atoms with van der Waals surface area (Å²) in [5, 5.41) is 13.1. The number of aromatic hydroxyl groups is 1. The molecule has 0 fully saturated rings. The topological polar surface area (TPSA) is 82.2 Å². The van der Waals surface area contributed by atoms with Gasteiger partial charge in [0, 0.05) is 22.5 Å². The van der Waals surface area contributed by atoms with Crippen LogP contribution in [0.5, 0.6) is 5.75 Å². The number of fused-ring (bicyclic) bond motifs is 1. The summed E-state index contributed by atoms with van der Waals surface area (Å²) in [6.07, 6.45) is 0. The van der Waals surface area contributed by atoms with Crippen LogP contribution >= 0.6 is 11.6 Å². The highest BCUT2D eigenvalue weighted by molar-refractivity contribution is 6.38. The lowest BCUT2D eigenvalue weighted by Crippen LogP contribution is -2.19. The predicted molar refractivity (Wildman–Crippen MR) is 85.6 cm³/mol. The quantitative estimate of drug-likeness (QED) is 0.679. The van der Waals surface area contributed by atoms with Gasteiger partial charge < -0.3 is 15.4 Å². The molecule has 0 unspecified atom stereocenters. The number of benzene rings is 2. The number of pyridine rings is 1. The van der Waals surface area contributed by atoms with Crippen LogP contribution in [0.4, 0.5) is 5.69 Å². The molecule has 3 rings (SSSR count). The van der Waals surface area contributed by atoms with E-state index in [-0.39, 0.29) is 22.0 Å². The third-order valence-electron chi connectivity index (χ3n) is 3.20. The van der Waals surface area contributed by atoms with Crippen LogP contribution in [0.3, 0.4) is 0 Å². The summed E-state index contributed by atoms with van der Waals surface area (Å²) in [7, 11) is 0. The molecule has 0 aliphatic carbocycles. The monoisotopic (exact) mass is 314 g/mol. The van der Waals surface area contributed by atoms with E-state index in [0.29, 0.717) is 16.5 Å². The molecule has 0 saturated heterocycles. The maximum atomic E-state index is 12.3. The Balaban J connectivity index is 2.05. The van der Waals surface area contributed by atoms with E-state index in [1.54, 1.807) is 36.4 Å². The minimum absolute atomic E-state index is 0.0197. The molecule has 0 aliphatic rings. The van der Waals surface area contributed by atoms with E-state index in [4.69, 9.17) is 11.6 Å². The van der Waals surface area contributed by atoms with Crippen molar-refractivity contribution in [3.8, 4) is 5.75 Å². The number of carbonyl (C=O) groups excluding carboxylic acids is 1. The van der Waals surface area contributed by atoms with Crippen LogP contribution in [0, 0.1) is 0 Å². The van der Waals surface area contributed by atoms with Gasteiger partial charge in [-0.05, 0) is 18.2 Å². The molecular formula is C16H11ClN2O3. The van der Waals surface area contributed by atoms with Crippen LogP contribution in [0.25, 0.3) is 10.8 Å². The van der Waals surface area contributed by atoms with Gasteiger partial charge in [-0.2, -0.15) is 0 Å². The fourth-order valence-corrected chi connectivity index (χ4v) is 2.47. The van der Waals surface area contributed by atoms with Crippen molar-refractivity contribution in [3.63, 3.8) is 0 Å². The molecule has 0 atom stereocenters. The van der Waals surface area contributed by atoms with Gasteiger partial charge in [0.05, 0.1) is 5.02 Å². The van der Waals surface area contributed by atoms with Crippen molar-refractivity contribution in [1.29, 1.82) is 0 Å². The lowest BCUT2D eigenvalue weighted by Gasteiger charge is -2.09. The normalized spacial score (nSPS) is 10.6. The van der Waals surface area contributed by atoms with Crippen molar-refractivity contribution >= 4 is 34.0 Å². The number of carbonyl (C=O) groups is 1. The van der Waals surface area contributed by atoms with E-state index in [1.165, 1.54) is 12.1 Å². The Kier molecular flexibility index (Phi) is 3.56. The molecule has 0 spiro atoms. The standard InChI is InChI=1S/C16H11ClN2O3/c17-13-11-6-1-2-7-12(11)15(21)19-14(13)16(22)18-9-4-3-5-10(20)8-9/h1-8,20H,(H,18,22)(H,19,21). The van der Waals surface area contributed by atoms with Crippen molar-refractivity contribution in [2.45, 2.75) is 0 Å². The van der Waals surface area contributed by atoms with Crippen LogP contribution in [-0.4, -0.2) is 16.0 Å². The number of anilines is 1. The average molecular weight is 315 g/mol. The number of aromatic amines is 1. The van der Waals surface area contributed by atoms with E-state index in [1.807, 2.05) is 0 Å². The van der Waals surface area contributed by atoms with Crippen molar-refractivity contribution in [1.82, 2.24) is 4.98 Å². The fraction of sp³-hybridized carbons (Fsp3) is 0. The summed E-state index contributed by atoms with van der Waals surface area (Å²) in [6, 6.07) is 12.9. The first-order valence-corrected chi connectivity index (χ1v) is 6.85. The number of aromatic nitrogens is 1. The molecule has 1 heterocycles. The number of phenolic OH excluding ortho intramolecular Hbond substituents is 1. The first-order valence-electron chi connectivity index (χ1n) is 6.47. The number of amides is 1. The molecule has 110 valence electrons. The fourth-order valence-electron chi connectivity index (χ4n) is 2.18. The van der Waals surface area contributed by atoms with E-state index in [2.05, 4.69) is 10.3 Å².